The Labute approximate surface area is 68.7 Å². The zero-order valence-electron chi connectivity index (χ0n) is 5.73. The molecule has 58 valence electrons. The second kappa shape index (κ2) is 3.25. The Bertz CT molecular complexity index is 320. The van der Waals surface area contributed by atoms with Crippen LogP contribution in [0.3, 0.4) is 0 Å². The maximum atomic E-state index is 10.9. The van der Waals surface area contributed by atoms with E-state index in [1.807, 2.05) is 0 Å². The molecule has 1 aromatic rings. The average Bonchev–Trinajstić information content (AvgIpc) is 1.93. The summed E-state index contributed by atoms with van der Waals surface area (Å²) < 4.78 is 1.40. The van der Waals surface area contributed by atoms with Gasteiger partial charge in [0.15, 0.2) is 0 Å². The van der Waals surface area contributed by atoms with Crippen LogP contribution in [0, 0.1) is 0 Å². The van der Waals surface area contributed by atoms with E-state index in [1.165, 1.54) is 17.0 Å². The maximum Gasteiger partial charge on any atom is 0.269 e. The third-order valence-corrected chi connectivity index (χ3v) is 1.26. The number of thiocarbonyl (C=S) groups is 1. The van der Waals surface area contributed by atoms with Crippen molar-refractivity contribution in [2.24, 2.45) is 5.73 Å². The van der Waals surface area contributed by atoms with Crippen LogP contribution in [0.1, 0.15) is 0 Å². The van der Waals surface area contributed by atoms with Gasteiger partial charge in [0.2, 0.25) is 0 Å². The van der Waals surface area contributed by atoms with Crippen LogP contribution in [0.5, 0.6) is 0 Å². The summed E-state index contributed by atoms with van der Waals surface area (Å²) in [6, 6.07) is 0. The van der Waals surface area contributed by atoms with Crippen molar-refractivity contribution in [2.45, 2.75) is 6.54 Å². The molecule has 0 saturated heterocycles. The minimum absolute atomic E-state index is 0.194. The molecule has 0 fully saturated rings. The number of nitrogens with two attached hydrogens (primary N) is 1. The van der Waals surface area contributed by atoms with Gasteiger partial charge in [-0.15, -0.1) is 0 Å². The molecule has 0 unspecified atom stereocenters. The molecular formula is C6H7N3OS. The Kier molecular flexibility index (Phi) is 2.32. The van der Waals surface area contributed by atoms with Gasteiger partial charge >= 0.3 is 0 Å². The quantitative estimate of drug-likeness (QED) is 0.608. The van der Waals surface area contributed by atoms with E-state index in [2.05, 4.69) is 17.2 Å². The monoisotopic (exact) mass is 169 g/mol. The van der Waals surface area contributed by atoms with Crippen molar-refractivity contribution in [3.05, 3.63) is 28.9 Å². The van der Waals surface area contributed by atoms with Gasteiger partial charge in [-0.05, 0) is 0 Å². The van der Waals surface area contributed by atoms with E-state index in [1.54, 1.807) is 6.20 Å². The highest BCUT2D eigenvalue weighted by Crippen LogP contribution is 1.78. The normalized spacial score (nSPS) is 9.45. The lowest BCUT2D eigenvalue weighted by molar-refractivity contribution is 0.793. The second-order valence-corrected chi connectivity index (χ2v) is 2.53. The van der Waals surface area contributed by atoms with Crippen molar-refractivity contribution in [2.75, 3.05) is 0 Å². The SMILES string of the molecule is NC(=S)Cn1ccncc1=O. The molecule has 1 heterocycles. The molecule has 0 aliphatic carbocycles. The molecule has 0 bridgehead atoms. The number of rotatable bonds is 2. The maximum absolute atomic E-state index is 10.9. The Morgan fingerprint density at radius 2 is 2.55 bits per heavy atom. The van der Waals surface area contributed by atoms with Crippen LogP contribution in [0.4, 0.5) is 0 Å². The average molecular weight is 169 g/mol. The van der Waals surface area contributed by atoms with Gasteiger partial charge in [0.25, 0.3) is 5.56 Å². The van der Waals surface area contributed by atoms with Crippen LogP contribution in [-0.4, -0.2) is 14.5 Å². The van der Waals surface area contributed by atoms with Gasteiger partial charge in [0.1, 0.15) is 0 Å². The van der Waals surface area contributed by atoms with Gasteiger partial charge in [-0.1, -0.05) is 12.2 Å². The van der Waals surface area contributed by atoms with E-state index in [9.17, 15) is 4.79 Å². The Balaban J connectivity index is 2.95. The standard InChI is InChI=1S/C6H7N3OS/c7-5(11)4-9-2-1-8-3-6(9)10/h1-3H,4H2,(H2,7,11). The predicted molar refractivity (Wildman–Crippen MR) is 45.3 cm³/mol. The van der Waals surface area contributed by atoms with E-state index in [0.717, 1.165) is 0 Å². The summed E-state index contributed by atoms with van der Waals surface area (Å²) in [5, 5.41) is 0. The van der Waals surface area contributed by atoms with E-state index >= 15 is 0 Å². The fraction of sp³-hybridized carbons (Fsp3) is 0.167. The highest BCUT2D eigenvalue weighted by molar-refractivity contribution is 7.80. The van der Waals surface area contributed by atoms with E-state index in [-0.39, 0.29) is 12.1 Å². The molecule has 0 amide bonds. The molecule has 11 heavy (non-hydrogen) atoms. The first-order valence-corrected chi connectivity index (χ1v) is 3.40. The molecule has 0 radical (unpaired) electrons. The molecule has 0 aliphatic rings. The topological polar surface area (TPSA) is 60.9 Å². The minimum atomic E-state index is -0.194. The molecule has 0 aliphatic heterocycles. The van der Waals surface area contributed by atoms with E-state index in [0.29, 0.717) is 4.99 Å². The minimum Gasteiger partial charge on any atom is -0.392 e. The summed E-state index contributed by atoms with van der Waals surface area (Å²) in [6.45, 7) is 0.274. The number of aromatic nitrogens is 2. The largest absolute Gasteiger partial charge is 0.392 e. The second-order valence-electron chi connectivity index (χ2n) is 2.01. The molecule has 0 atom stereocenters. The molecule has 4 nitrogen and oxygen atoms in total. The Morgan fingerprint density at radius 3 is 3.09 bits per heavy atom. The summed E-state index contributed by atoms with van der Waals surface area (Å²) >= 11 is 4.63. The number of hydrogen-bond donors (Lipinski definition) is 1. The van der Waals surface area contributed by atoms with Crippen LogP contribution in [-0.2, 0) is 6.54 Å². The van der Waals surface area contributed by atoms with E-state index in [4.69, 9.17) is 5.73 Å². The van der Waals surface area contributed by atoms with Crippen LogP contribution >= 0.6 is 12.2 Å². The fourth-order valence-electron chi connectivity index (χ4n) is 0.672. The van der Waals surface area contributed by atoms with Gasteiger partial charge in [-0.2, -0.15) is 0 Å². The van der Waals surface area contributed by atoms with Crippen molar-refractivity contribution in [1.29, 1.82) is 0 Å². The molecular weight excluding hydrogens is 162 g/mol. The smallest absolute Gasteiger partial charge is 0.269 e. The molecule has 5 heteroatoms. The molecule has 1 aromatic heterocycles. The van der Waals surface area contributed by atoms with E-state index < -0.39 is 0 Å². The number of hydrogen-bond acceptors (Lipinski definition) is 3. The molecule has 1 rings (SSSR count). The summed E-state index contributed by atoms with van der Waals surface area (Å²) in [5.74, 6) is 0. The predicted octanol–water partition coefficient (Wildman–Crippen LogP) is -0.471. The van der Waals surface area contributed by atoms with Crippen LogP contribution < -0.4 is 11.3 Å². The third kappa shape index (κ3) is 2.12. The first kappa shape index (κ1) is 7.87. The summed E-state index contributed by atoms with van der Waals surface area (Å²) in [4.78, 5) is 14.9. The van der Waals surface area contributed by atoms with Gasteiger partial charge in [-0.3, -0.25) is 9.78 Å². The molecule has 2 N–H and O–H groups in total. The van der Waals surface area contributed by atoms with Crippen LogP contribution in [0.15, 0.2) is 23.4 Å². The fourth-order valence-corrected chi connectivity index (χ4v) is 0.811. The van der Waals surface area contributed by atoms with Crippen LogP contribution in [0.2, 0.25) is 0 Å². The first-order chi connectivity index (χ1) is 5.20. The lowest BCUT2D eigenvalue weighted by Crippen LogP contribution is -2.26. The Hall–Kier alpha value is -1.23. The summed E-state index contributed by atoms with van der Waals surface area (Å²) in [6.07, 6.45) is 4.28. The third-order valence-electron chi connectivity index (χ3n) is 1.13. The summed E-state index contributed by atoms with van der Waals surface area (Å²) in [7, 11) is 0. The number of nitrogens with zero attached hydrogens (tertiary/aromatic N) is 2. The van der Waals surface area contributed by atoms with Crippen molar-refractivity contribution in [3.63, 3.8) is 0 Å². The highest BCUT2D eigenvalue weighted by atomic mass is 32.1. The molecule has 0 aromatic carbocycles. The molecule has 0 saturated carbocycles. The van der Waals surface area contributed by atoms with Gasteiger partial charge in [0, 0.05) is 12.4 Å². The highest BCUT2D eigenvalue weighted by Gasteiger charge is 1.94. The lowest BCUT2D eigenvalue weighted by atomic mass is 10.6. The zero-order chi connectivity index (χ0) is 8.27. The molecule has 0 spiro atoms. The van der Waals surface area contributed by atoms with Crippen molar-refractivity contribution in [1.82, 2.24) is 9.55 Å². The van der Waals surface area contributed by atoms with Crippen molar-refractivity contribution >= 4 is 17.2 Å². The van der Waals surface area contributed by atoms with Gasteiger partial charge in [-0.25, -0.2) is 0 Å². The first-order valence-electron chi connectivity index (χ1n) is 2.99. The van der Waals surface area contributed by atoms with Crippen molar-refractivity contribution in [3.8, 4) is 0 Å². The van der Waals surface area contributed by atoms with Crippen molar-refractivity contribution < 1.29 is 0 Å². The lowest BCUT2D eigenvalue weighted by Gasteiger charge is -2.00. The summed E-state index contributed by atoms with van der Waals surface area (Å²) in [5.41, 5.74) is 5.05. The van der Waals surface area contributed by atoms with Gasteiger partial charge in [0.05, 0.1) is 17.7 Å². The van der Waals surface area contributed by atoms with Gasteiger partial charge < -0.3 is 10.3 Å². The Morgan fingerprint density at radius 1 is 1.82 bits per heavy atom. The van der Waals surface area contributed by atoms with Crippen LogP contribution in [0.25, 0.3) is 0 Å². The zero-order valence-corrected chi connectivity index (χ0v) is 6.54.